The fraction of sp³-hybridized carbons (Fsp3) is 0.650. The number of hydrogen-bond acceptors (Lipinski definition) is 4. The molecule has 1 aromatic carbocycles. The van der Waals surface area contributed by atoms with Crippen LogP contribution in [0.5, 0.6) is 0 Å². The number of rotatable bonds is 8. The molecule has 0 spiro atoms. The number of nitrogens with zero attached hydrogens (tertiary/aromatic N) is 1. The fourth-order valence-electron chi connectivity index (χ4n) is 4.80. The molecule has 1 atom stereocenters. The Morgan fingerprint density at radius 3 is 2.11 bits per heavy atom. The second-order valence-corrected chi connectivity index (χ2v) is 15.7. The first-order valence-electron chi connectivity index (χ1n) is 9.72. The molecule has 1 heterocycles. The topological polar surface area (TPSA) is 70.0 Å². The zero-order chi connectivity index (χ0) is 21.4. The van der Waals surface area contributed by atoms with Crippen molar-refractivity contribution in [2.24, 2.45) is 0 Å². The summed E-state index contributed by atoms with van der Waals surface area (Å²) in [5.41, 5.74) is 0.501. The van der Waals surface area contributed by atoms with E-state index in [-0.39, 0.29) is 19.8 Å². The van der Waals surface area contributed by atoms with E-state index in [0.29, 0.717) is 32.3 Å². The summed E-state index contributed by atoms with van der Waals surface area (Å²) in [5.74, 6) is -0.450. The Kier molecular flexibility index (Phi) is 7.60. The van der Waals surface area contributed by atoms with Crippen LogP contribution in [0.4, 0.5) is 5.69 Å². The first-order valence-corrected chi connectivity index (χ1v) is 13.4. The second kappa shape index (κ2) is 8.86. The lowest BCUT2D eigenvalue weighted by Gasteiger charge is -2.43. The van der Waals surface area contributed by atoms with Crippen molar-refractivity contribution in [3.63, 3.8) is 0 Å². The molecule has 1 aromatic rings. The molecule has 5 nitrogen and oxygen atoms in total. The van der Waals surface area contributed by atoms with E-state index in [1.54, 1.807) is 6.07 Å². The molecule has 1 amide bonds. The third kappa shape index (κ3) is 3.88. The molecular weight excluding hydrogens is 506 g/mol. The normalized spacial score (nSPS) is 20.0. The maximum absolute atomic E-state index is 13.2. The van der Waals surface area contributed by atoms with E-state index in [4.69, 9.17) is 4.43 Å². The largest absolute Gasteiger partial charge is 0.398 e. The van der Waals surface area contributed by atoms with Gasteiger partial charge in [0.05, 0.1) is 5.69 Å². The summed E-state index contributed by atoms with van der Waals surface area (Å²) in [6.45, 7) is 13.0. The van der Waals surface area contributed by atoms with Crippen LogP contribution in [0.15, 0.2) is 21.1 Å². The molecule has 0 fully saturated rings. The van der Waals surface area contributed by atoms with Gasteiger partial charge in [-0.1, -0.05) is 57.5 Å². The zero-order valence-corrected chi connectivity index (χ0v) is 21.6. The van der Waals surface area contributed by atoms with E-state index in [2.05, 4.69) is 73.4 Å². The van der Waals surface area contributed by atoms with Crippen molar-refractivity contribution in [2.45, 2.75) is 70.2 Å². The van der Waals surface area contributed by atoms with Crippen LogP contribution < -0.4 is 4.90 Å². The Morgan fingerprint density at radius 2 is 1.64 bits per heavy atom. The van der Waals surface area contributed by atoms with Gasteiger partial charge in [-0.25, -0.2) is 0 Å². The number of carbonyl (C=O) groups excluding carboxylic acids is 1. The second-order valence-electron chi connectivity index (χ2n) is 8.44. The van der Waals surface area contributed by atoms with Gasteiger partial charge in [0.25, 0.3) is 5.91 Å². The van der Waals surface area contributed by atoms with E-state index < -0.39 is 19.8 Å². The van der Waals surface area contributed by atoms with Gasteiger partial charge in [0, 0.05) is 27.5 Å². The van der Waals surface area contributed by atoms with Crippen LogP contribution in [-0.2, 0) is 14.8 Å². The predicted octanol–water partition coefficient (Wildman–Crippen LogP) is 5.28. The van der Waals surface area contributed by atoms with Crippen LogP contribution in [0.25, 0.3) is 0 Å². The molecule has 0 saturated carbocycles. The lowest BCUT2D eigenvalue weighted by Crippen LogP contribution is -2.51. The van der Waals surface area contributed by atoms with Gasteiger partial charge < -0.3 is 14.6 Å². The molecule has 0 aliphatic carbocycles. The average molecular weight is 537 g/mol. The van der Waals surface area contributed by atoms with Crippen molar-refractivity contribution in [1.29, 1.82) is 0 Å². The molecule has 0 bridgehead atoms. The van der Waals surface area contributed by atoms with Gasteiger partial charge in [-0.2, -0.15) is 0 Å². The standard InChI is InChI=1S/C20H31Br2NO4Si/c1-12(2)28(13(3)4,14(5)6)27-11-23-18-16(9-15(21)10-17(18)22)20(26,7-8-24)19(23)25/h9-10,12-14,24,26H,7-8,11H2,1-6H3/t20-/m1/s1. The number of amides is 1. The predicted molar refractivity (Wildman–Crippen MR) is 122 cm³/mol. The van der Waals surface area contributed by atoms with Crippen LogP contribution >= 0.6 is 31.9 Å². The summed E-state index contributed by atoms with van der Waals surface area (Å²) in [5, 5.41) is 20.6. The highest BCUT2D eigenvalue weighted by molar-refractivity contribution is 9.11. The SMILES string of the molecule is CC(C)[Si](OCN1C(=O)[C@@](O)(CCO)c2cc(Br)cc(Br)c21)(C(C)C)C(C)C. The van der Waals surface area contributed by atoms with E-state index in [9.17, 15) is 15.0 Å². The van der Waals surface area contributed by atoms with Gasteiger partial charge in [0.1, 0.15) is 6.73 Å². The number of aliphatic hydroxyl groups excluding tert-OH is 1. The van der Waals surface area contributed by atoms with Crippen LogP contribution in [0.3, 0.4) is 0 Å². The van der Waals surface area contributed by atoms with Crippen molar-refractivity contribution in [3.05, 3.63) is 26.6 Å². The Morgan fingerprint density at radius 1 is 1.11 bits per heavy atom. The summed E-state index contributed by atoms with van der Waals surface area (Å²) in [6.07, 6.45) is -0.0562. The highest BCUT2D eigenvalue weighted by Gasteiger charge is 2.52. The number of carbonyl (C=O) groups is 1. The first-order chi connectivity index (χ1) is 12.9. The molecule has 0 radical (unpaired) electrons. The van der Waals surface area contributed by atoms with Crippen LogP contribution in [-0.4, -0.2) is 37.8 Å². The molecule has 2 N–H and O–H groups in total. The molecule has 0 aromatic heterocycles. The average Bonchev–Trinajstić information content (AvgIpc) is 2.77. The van der Waals surface area contributed by atoms with Crippen LogP contribution in [0.2, 0.25) is 16.6 Å². The number of halogens is 2. The van der Waals surface area contributed by atoms with Crippen molar-refractivity contribution in [1.82, 2.24) is 0 Å². The van der Waals surface area contributed by atoms with Gasteiger partial charge >= 0.3 is 0 Å². The lowest BCUT2D eigenvalue weighted by atomic mass is 9.92. The lowest BCUT2D eigenvalue weighted by molar-refractivity contribution is -0.138. The monoisotopic (exact) mass is 535 g/mol. The van der Waals surface area contributed by atoms with Gasteiger partial charge in [-0.3, -0.25) is 9.69 Å². The molecule has 2 rings (SSSR count). The molecule has 8 heteroatoms. The van der Waals surface area contributed by atoms with Gasteiger partial charge in [0.15, 0.2) is 5.60 Å². The van der Waals surface area contributed by atoms with Crippen molar-refractivity contribution in [3.8, 4) is 0 Å². The van der Waals surface area contributed by atoms with Gasteiger partial charge in [-0.05, 0) is 44.7 Å². The number of fused-ring (bicyclic) bond motifs is 1. The zero-order valence-electron chi connectivity index (χ0n) is 17.4. The first kappa shape index (κ1) is 24.0. The number of anilines is 1. The van der Waals surface area contributed by atoms with E-state index in [1.807, 2.05) is 6.07 Å². The molecule has 0 unspecified atom stereocenters. The summed E-state index contributed by atoms with van der Waals surface area (Å²) >= 11 is 6.96. The highest BCUT2D eigenvalue weighted by atomic mass is 79.9. The molecule has 1 aliphatic rings. The maximum atomic E-state index is 13.2. The number of benzene rings is 1. The van der Waals surface area contributed by atoms with Crippen molar-refractivity contribution < 1.29 is 19.4 Å². The summed E-state index contributed by atoms with van der Waals surface area (Å²) in [7, 11) is -2.19. The Balaban J connectivity index is 2.49. The highest BCUT2D eigenvalue weighted by Crippen LogP contribution is 2.49. The number of aliphatic hydroxyl groups is 2. The molecule has 28 heavy (non-hydrogen) atoms. The number of hydrogen-bond donors (Lipinski definition) is 2. The molecule has 158 valence electrons. The van der Waals surface area contributed by atoms with Crippen LogP contribution in [0, 0.1) is 0 Å². The molecule has 0 saturated heterocycles. The Labute approximate surface area is 185 Å². The minimum absolute atomic E-state index is 0.0562. The Bertz CT molecular complexity index is 719. The molecule has 1 aliphatic heterocycles. The minimum atomic E-state index is -2.19. The fourth-order valence-corrected chi connectivity index (χ4v) is 11.6. The Hall–Kier alpha value is -0.253. The summed E-state index contributed by atoms with van der Waals surface area (Å²) in [4.78, 5) is 14.8. The minimum Gasteiger partial charge on any atom is -0.398 e. The van der Waals surface area contributed by atoms with Gasteiger partial charge in [-0.15, -0.1) is 0 Å². The maximum Gasteiger partial charge on any atom is 0.265 e. The van der Waals surface area contributed by atoms with E-state index in [0.717, 1.165) is 4.47 Å². The quantitative estimate of drug-likeness (QED) is 0.443. The van der Waals surface area contributed by atoms with E-state index >= 15 is 0 Å². The third-order valence-electron chi connectivity index (χ3n) is 5.97. The summed E-state index contributed by atoms with van der Waals surface area (Å²) < 4.78 is 8.07. The van der Waals surface area contributed by atoms with Gasteiger partial charge in [0.2, 0.25) is 8.32 Å². The smallest absolute Gasteiger partial charge is 0.265 e. The van der Waals surface area contributed by atoms with Crippen molar-refractivity contribution in [2.75, 3.05) is 18.2 Å². The van der Waals surface area contributed by atoms with Crippen LogP contribution in [0.1, 0.15) is 53.5 Å². The molecular formula is C20H31Br2NO4Si. The third-order valence-corrected chi connectivity index (χ3v) is 13.1. The van der Waals surface area contributed by atoms with Crippen molar-refractivity contribution >= 4 is 51.8 Å². The summed E-state index contributed by atoms with van der Waals surface area (Å²) in [6, 6.07) is 3.59. The van der Waals surface area contributed by atoms with E-state index in [1.165, 1.54) is 4.90 Å².